The van der Waals surface area contributed by atoms with E-state index in [2.05, 4.69) is 4.98 Å². The molecule has 3 nitrogen and oxygen atoms in total. The van der Waals surface area contributed by atoms with Crippen LogP contribution in [0.2, 0.25) is 0 Å². The minimum Gasteiger partial charge on any atom is -0.398 e. The molecule has 80 valence electrons. The number of nitrogens with two attached hydrogens (primary N) is 1. The predicted octanol–water partition coefficient (Wildman–Crippen LogP) is 2.20. The summed E-state index contributed by atoms with van der Waals surface area (Å²) in [5.74, 6) is -0.0920. The van der Waals surface area contributed by atoms with E-state index < -0.39 is 0 Å². The number of aryl methyl sites for hydroxylation is 1. The van der Waals surface area contributed by atoms with Gasteiger partial charge in [0.2, 0.25) is 0 Å². The van der Waals surface area contributed by atoms with Crippen molar-refractivity contribution in [2.75, 3.05) is 5.73 Å². The van der Waals surface area contributed by atoms with Gasteiger partial charge in [-0.15, -0.1) is 0 Å². The van der Waals surface area contributed by atoms with Crippen LogP contribution >= 0.6 is 0 Å². The molecule has 0 bridgehead atoms. The van der Waals surface area contributed by atoms with Gasteiger partial charge in [0.1, 0.15) is 0 Å². The number of carbonyl (C=O) groups is 1. The van der Waals surface area contributed by atoms with E-state index in [0.717, 1.165) is 5.56 Å². The molecule has 0 radical (unpaired) electrons. The van der Waals surface area contributed by atoms with E-state index in [9.17, 15) is 4.79 Å². The molecule has 2 rings (SSSR count). The lowest BCUT2D eigenvalue weighted by atomic mass is 10.0. The number of hydrogen-bond donors (Lipinski definition) is 1. The lowest BCUT2D eigenvalue weighted by molar-refractivity contribution is 0.103. The summed E-state index contributed by atoms with van der Waals surface area (Å²) < 4.78 is 0. The van der Waals surface area contributed by atoms with E-state index in [0.29, 0.717) is 16.8 Å². The van der Waals surface area contributed by atoms with Crippen LogP contribution in [0.25, 0.3) is 0 Å². The molecule has 0 spiro atoms. The fourth-order valence-corrected chi connectivity index (χ4v) is 1.54. The van der Waals surface area contributed by atoms with Gasteiger partial charge < -0.3 is 5.73 Å². The summed E-state index contributed by atoms with van der Waals surface area (Å²) in [5.41, 5.74) is 8.45. The quantitative estimate of drug-likeness (QED) is 0.613. The van der Waals surface area contributed by atoms with E-state index in [-0.39, 0.29) is 5.78 Å². The van der Waals surface area contributed by atoms with Crippen molar-refractivity contribution >= 4 is 11.5 Å². The highest BCUT2D eigenvalue weighted by atomic mass is 16.1. The fourth-order valence-electron chi connectivity index (χ4n) is 1.54. The first kappa shape index (κ1) is 10.4. The highest BCUT2D eigenvalue weighted by Gasteiger charge is 2.11. The maximum atomic E-state index is 12.1. The summed E-state index contributed by atoms with van der Waals surface area (Å²) in [6, 6.07) is 8.88. The normalized spacial score (nSPS) is 10.1. The van der Waals surface area contributed by atoms with Gasteiger partial charge in [0.25, 0.3) is 0 Å². The summed E-state index contributed by atoms with van der Waals surface area (Å²) in [6.07, 6.45) is 3.18. The molecule has 0 aliphatic heterocycles. The van der Waals surface area contributed by atoms with Crippen LogP contribution in [0.1, 0.15) is 21.5 Å². The highest BCUT2D eigenvalue weighted by Crippen LogP contribution is 2.17. The number of aromatic nitrogens is 1. The van der Waals surface area contributed by atoms with Gasteiger partial charge in [0.05, 0.1) is 0 Å². The Balaban J connectivity index is 2.42. The molecule has 0 saturated carbocycles. The van der Waals surface area contributed by atoms with E-state index >= 15 is 0 Å². The van der Waals surface area contributed by atoms with Gasteiger partial charge in [-0.05, 0) is 36.8 Å². The lowest BCUT2D eigenvalue weighted by Crippen LogP contribution is -2.05. The molecule has 0 unspecified atom stereocenters. The maximum absolute atomic E-state index is 12.1. The van der Waals surface area contributed by atoms with Crippen LogP contribution < -0.4 is 5.73 Å². The molecule has 0 atom stereocenters. The number of benzene rings is 1. The maximum Gasteiger partial charge on any atom is 0.196 e. The molecule has 1 heterocycles. The standard InChI is InChI=1S/C13H12N2O/c1-9-4-5-11(12(14)7-9)13(16)10-3-2-6-15-8-10/h2-8H,14H2,1H3. The van der Waals surface area contributed by atoms with Crippen molar-refractivity contribution in [3.05, 3.63) is 59.4 Å². The van der Waals surface area contributed by atoms with Crippen LogP contribution in [0.4, 0.5) is 5.69 Å². The molecular weight excluding hydrogens is 200 g/mol. The third-order valence-electron chi connectivity index (χ3n) is 2.38. The molecular formula is C13H12N2O. The largest absolute Gasteiger partial charge is 0.398 e. The molecule has 0 amide bonds. The number of carbonyl (C=O) groups excluding carboxylic acids is 1. The third kappa shape index (κ3) is 1.93. The zero-order chi connectivity index (χ0) is 11.5. The number of anilines is 1. The van der Waals surface area contributed by atoms with Crippen LogP contribution in [0.5, 0.6) is 0 Å². The molecule has 2 N–H and O–H groups in total. The highest BCUT2D eigenvalue weighted by molar-refractivity contribution is 6.11. The molecule has 3 heteroatoms. The van der Waals surface area contributed by atoms with Crippen molar-refractivity contribution < 1.29 is 4.79 Å². The molecule has 0 saturated heterocycles. The predicted molar refractivity (Wildman–Crippen MR) is 63.3 cm³/mol. The van der Waals surface area contributed by atoms with Crippen LogP contribution in [-0.2, 0) is 0 Å². The van der Waals surface area contributed by atoms with Crippen molar-refractivity contribution in [1.82, 2.24) is 4.98 Å². The van der Waals surface area contributed by atoms with Gasteiger partial charge in [0.15, 0.2) is 5.78 Å². The van der Waals surface area contributed by atoms with Gasteiger partial charge in [0, 0.05) is 29.2 Å². The Kier molecular flexibility index (Phi) is 2.68. The van der Waals surface area contributed by atoms with Gasteiger partial charge in [-0.25, -0.2) is 0 Å². The number of pyridine rings is 1. The Labute approximate surface area is 93.9 Å². The number of nitrogens with zero attached hydrogens (tertiary/aromatic N) is 1. The molecule has 0 aliphatic carbocycles. The van der Waals surface area contributed by atoms with E-state index in [1.165, 1.54) is 0 Å². The van der Waals surface area contributed by atoms with Gasteiger partial charge in [-0.2, -0.15) is 0 Å². The summed E-state index contributed by atoms with van der Waals surface area (Å²) in [7, 11) is 0. The van der Waals surface area contributed by atoms with Crippen LogP contribution in [0, 0.1) is 6.92 Å². The Morgan fingerprint density at radius 1 is 1.31 bits per heavy atom. The average molecular weight is 212 g/mol. The van der Waals surface area contributed by atoms with Gasteiger partial charge >= 0.3 is 0 Å². The molecule has 0 fully saturated rings. The summed E-state index contributed by atoms with van der Waals surface area (Å²) >= 11 is 0. The Morgan fingerprint density at radius 3 is 2.75 bits per heavy atom. The minimum atomic E-state index is -0.0920. The van der Waals surface area contributed by atoms with Crippen molar-refractivity contribution in [2.45, 2.75) is 6.92 Å². The molecule has 1 aromatic heterocycles. The first-order chi connectivity index (χ1) is 7.68. The summed E-state index contributed by atoms with van der Waals surface area (Å²) in [5, 5.41) is 0. The SMILES string of the molecule is Cc1ccc(C(=O)c2cccnc2)c(N)c1. The second-order valence-corrected chi connectivity index (χ2v) is 3.66. The van der Waals surface area contributed by atoms with E-state index in [1.807, 2.05) is 13.0 Å². The summed E-state index contributed by atoms with van der Waals surface area (Å²) in [4.78, 5) is 16.0. The minimum absolute atomic E-state index is 0.0920. The third-order valence-corrected chi connectivity index (χ3v) is 2.38. The lowest BCUT2D eigenvalue weighted by Gasteiger charge is -2.05. The van der Waals surface area contributed by atoms with E-state index in [4.69, 9.17) is 5.73 Å². The number of ketones is 1. The fraction of sp³-hybridized carbons (Fsp3) is 0.0769. The van der Waals surface area contributed by atoms with Gasteiger partial charge in [-0.1, -0.05) is 6.07 Å². The zero-order valence-electron chi connectivity index (χ0n) is 8.97. The smallest absolute Gasteiger partial charge is 0.196 e. The topological polar surface area (TPSA) is 56.0 Å². The second kappa shape index (κ2) is 4.14. The molecule has 16 heavy (non-hydrogen) atoms. The van der Waals surface area contributed by atoms with E-state index in [1.54, 1.807) is 36.7 Å². The molecule has 2 aromatic rings. The Hall–Kier alpha value is -2.16. The average Bonchev–Trinajstić information content (AvgIpc) is 2.29. The van der Waals surface area contributed by atoms with Crippen molar-refractivity contribution in [3.8, 4) is 0 Å². The van der Waals surface area contributed by atoms with Crippen LogP contribution in [0.15, 0.2) is 42.7 Å². The number of rotatable bonds is 2. The Morgan fingerprint density at radius 2 is 2.12 bits per heavy atom. The number of nitrogen functional groups attached to an aromatic ring is 1. The second-order valence-electron chi connectivity index (χ2n) is 3.66. The van der Waals surface area contributed by atoms with Crippen molar-refractivity contribution in [1.29, 1.82) is 0 Å². The summed E-state index contributed by atoms with van der Waals surface area (Å²) in [6.45, 7) is 1.94. The Bertz CT molecular complexity index is 521. The van der Waals surface area contributed by atoms with Crippen molar-refractivity contribution in [2.24, 2.45) is 0 Å². The number of hydrogen-bond acceptors (Lipinski definition) is 3. The van der Waals surface area contributed by atoms with Crippen LogP contribution in [-0.4, -0.2) is 10.8 Å². The first-order valence-corrected chi connectivity index (χ1v) is 4.99. The monoisotopic (exact) mass is 212 g/mol. The molecule has 0 aliphatic rings. The van der Waals surface area contributed by atoms with Crippen molar-refractivity contribution in [3.63, 3.8) is 0 Å². The zero-order valence-corrected chi connectivity index (χ0v) is 8.97. The first-order valence-electron chi connectivity index (χ1n) is 4.99. The van der Waals surface area contributed by atoms with Crippen LogP contribution in [0.3, 0.4) is 0 Å². The molecule has 1 aromatic carbocycles. The van der Waals surface area contributed by atoms with Gasteiger partial charge in [-0.3, -0.25) is 9.78 Å².